The molecule has 37 heavy (non-hydrogen) atoms. The van der Waals surface area contributed by atoms with Gasteiger partial charge >= 0.3 is 18.4 Å². The number of piperidine rings is 1. The van der Waals surface area contributed by atoms with Crippen LogP contribution in [-0.4, -0.2) is 91.2 Å². The molecule has 1 spiro atoms. The maximum Gasteiger partial charge on any atom is 0.417 e. The number of urea groups is 1. The fraction of sp³-hybridized carbons (Fsp3) is 0.739. The number of nitrogens with one attached hydrogen (secondary N) is 1. The average molecular weight is 543 g/mol. The van der Waals surface area contributed by atoms with Gasteiger partial charge in [-0.15, -0.1) is 0 Å². The minimum atomic E-state index is -4.78. The minimum absolute atomic E-state index is 0.0277. The Morgan fingerprint density at radius 1 is 1.19 bits per heavy atom. The lowest BCUT2D eigenvalue weighted by atomic mass is 9.54. The van der Waals surface area contributed by atoms with Crippen molar-refractivity contribution >= 4 is 11.9 Å². The summed E-state index contributed by atoms with van der Waals surface area (Å²) in [5, 5.41) is 2.79. The molecule has 0 bridgehead atoms. The number of amides is 3. The minimum Gasteiger partial charge on any atom is -0.366 e. The van der Waals surface area contributed by atoms with Crippen molar-refractivity contribution in [1.82, 2.24) is 15.1 Å². The Balaban J connectivity index is 1.28. The second-order valence-electron chi connectivity index (χ2n) is 10.2. The summed E-state index contributed by atoms with van der Waals surface area (Å²) in [5.41, 5.74) is -4.55. The number of carbonyl (C=O) groups is 2. The van der Waals surface area contributed by atoms with Crippen molar-refractivity contribution in [1.29, 1.82) is 0 Å². The molecule has 3 amide bonds. The van der Waals surface area contributed by atoms with E-state index in [2.05, 4.69) is 5.32 Å². The zero-order valence-electron chi connectivity index (χ0n) is 20.1. The lowest BCUT2D eigenvalue weighted by Gasteiger charge is -2.64. The summed E-state index contributed by atoms with van der Waals surface area (Å²) in [5.74, 6) is -1.50. The molecule has 3 aliphatic heterocycles. The highest BCUT2D eigenvalue weighted by molar-refractivity contribution is 5.79. The average Bonchev–Trinajstić information content (AvgIpc) is 2.75. The van der Waals surface area contributed by atoms with Crippen molar-refractivity contribution in [3.8, 4) is 0 Å². The first kappa shape index (κ1) is 27.7. The number of allylic oxidation sites excluding steroid dienone is 3. The molecule has 1 aliphatic carbocycles. The Bertz CT molecular complexity index is 964. The predicted molar refractivity (Wildman–Crippen MR) is 115 cm³/mol. The van der Waals surface area contributed by atoms with Gasteiger partial charge in [0, 0.05) is 38.0 Å². The molecule has 0 unspecified atom stereocenters. The van der Waals surface area contributed by atoms with Crippen LogP contribution in [0.2, 0.25) is 0 Å². The molecule has 4 aliphatic rings. The van der Waals surface area contributed by atoms with Crippen molar-refractivity contribution in [3.05, 3.63) is 23.6 Å². The third-order valence-corrected chi connectivity index (χ3v) is 7.43. The van der Waals surface area contributed by atoms with Crippen LogP contribution in [0.25, 0.3) is 0 Å². The summed E-state index contributed by atoms with van der Waals surface area (Å²) in [6, 6.07) is -0.662. The number of halogens is 7. The number of ether oxygens (including phenoxy) is 2. The van der Waals surface area contributed by atoms with Crippen LogP contribution < -0.4 is 5.32 Å². The summed E-state index contributed by atoms with van der Waals surface area (Å²) in [4.78, 5) is 27.4. The summed E-state index contributed by atoms with van der Waals surface area (Å²) in [6.45, 7) is 1.16. The van der Waals surface area contributed by atoms with Crippen LogP contribution in [-0.2, 0) is 14.3 Å². The molecular formula is C23H28F7N3O4. The number of likely N-dealkylation sites (tertiary alicyclic amines) is 2. The number of hydrogen-bond acceptors (Lipinski definition) is 4. The van der Waals surface area contributed by atoms with Gasteiger partial charge in [0.15, 0.2) is 5.60 Å². The second kappa shape index (κ2) is 9.75. The molecule has 3 heterocycles. The van der Waals surface area contributed by atoms with Gasteiger partial charge in [0.05, 0.1) is 24.3 Å². The van der Waals surface area contributed by atoms with E-state index in [1.807, 2.05) is 0 Å². The van der Waals surface area contributed by atoms with E-state index < -0.39 is 60.6 Å². The number of morpholine rings is 1. The van der Waals surface area contributed by atoms with E-state index in [9.17, 15) is 40.3 Å². The Kier molecular flexibility index (Phi) is 7.30. The largest absolute Gasteiger partial charge is 0.417 e. The van der Waals surface area contributed by atoms with Crippen LogP contribution in [0.3, 0.4) is 0 Å². The van der Waals surface area contributed by atoms with Gasteiger partial charge in [-0.05, 0) is 32.3 Å². The van der Waals surface area contributed by atoms with E-state index in [-0.39, 0.29) is 56.4 Å². The molecule has 0 radical (unpaired) electrons. The standard InChI is InChI=1S/C23H28F7N3O4/c1-2-14(22(25,26)27)7-15(24)4-6-37-21(23(28,29)30)10-20(11-21)12-33(13-20)19(35)32-5-3-17-16(8-32)31-18(34)9-36-17/h2,7,16-17H,3-6,8-13H2,1H3,(H,31,34)/b14-2+,15-7+/t16-,17+/m1/s1. The molecule has 0 aromatic carbocycles. The van der Waals surface area contributed by atoms with Gasteiger partial charge in [0.1, 0.15) is 12.4 Å². The Morgan fingerprint density at radius 2 is 1.86 bits per heavy atom. The Hall–Kier alpha value is -2.35. The molecule has 7 nitrogen and oxygen atoms in total. The van der Waals surface area contributed by atoms with E-state index in [1.54, 1.807) is 4.90 Å². The number of fused-ring (bicyclic) bond motifs is 1. The highest BCUT2D eigenvalue weighted by atomic mass is 19.4. The van der Waals surface area contributed by atoms with Crippen molar-refractivity contribution in [3.63, 3.8) is 0 Å². The smallest absolute Gasteiger partial charge is 0.366 e. The molecule has 0 aromatic heterocycles. The van der Waals surface area contributed by atoms with E-state index >= 15 is 0 Å². The van der Waals surface area contributed by atoms with Crippen molar-refractivity contribution < 1.29 is 49.8 Å². The molecule has 3 saturated heterocycles. The molecule has 4 rings (SSSR count). The van der Waals surface area contributed by atoms with Gasteiger partial charge < -0.3 is 24.6 Å². The van der Waals surface area contributed by atoms with Gasteiger partial charge in [-0.2, -0.15) is 26.3 Å². The maximum atomic E-state index is 13.9. The highest BCUT2D eigenvalue weighted by Gasteiger charge is 2.72. The molecular weight excluding hydrogens is 515 g/mol. The zero-order chi connectivity index (χ0) is 27.2. The molecule has 4 fully saturated rings. The fourth-order valence-corrected chi connectivity index (χ4v) is 5.65. The van der Waals surface area contributed by atoms with Crippen LogP contribution in [0.4, 0.5) is 35.5 Å². The van der Waals surface area contributed by atoms with Crippen LogP contribution in [0, 0.1) is 5.41 Å². The van der Waals surface area contributed by atoms with Gasteiger partial charge in [0.25, 0.3) is 0 Å². The van der Waals surface area contributed by atoms with Crippen LogP contribution in [0.5, 0.6) is 0 Å². The van der Waals surface area contributed by atoms with E-state index in [4.69, 9.17) is 9.47 Å². The number of carbonyl (C=O) groups excluding carboxylic acids is 2. The second-order valence-corrected chi connectivity index (χ2v) is 10.2. The number of hydrogen-bond donors (Lipinski definition) is 1. The van der Waals surface area contributed by atoms with Crippen LogP contribution in [0.1, 0.15) is 32.6 Å². The van der Waals surface area contributed by atoms with Crippen molar-refractivity contribution in [2.75, 3.05) is 39.4 Å². The number of nitrogens with zero attached hydrogens (tertiary/aromatic N) is 2. The first-order valence-electron chi connectivity index (χ1n) is 11.9. The lowest BCUT2D eigenvalue weighted by molar-refractivity contribution is -0.344. The Morgan fingerprint density at radius 3 is 2.46 bits per heavy atom. The summed E-state index contributed by atoms with van der Waals surface area (Å²) >= 11 is 0. The van der Waals surface area contributed by atoms with E-state index in [1.165, 1.54) is 4.90 Å². The predicted octanol–water partition coefficient (Wildman–Crippen LogP) is 3.86. The maximum absolute atomic E-state index is 13.9. The molecule has 14 heteroatoms. The zero-order valence-corrected chi connectivity index (χ0v) is 20.1. The number of alkyl halides is 6. The number of rotatable bonds is 5. The molecule has 2 atom stereocenters. The summed E-state index contributed by atoms with van der Waals surface area (Å²) < 4.78 is 104. The quantitative estimate of drug-likeness (QED) is 0.423. The molecule has 1 saturated carbocycles. The highest BCUT2D eigenvalue weighted by Crippen LogP contribution is 2.61. The molecule has 1 N–H and O–H groups in total. The summed E-state index contributed by atoms with van der Waals surface area (Å²) in [6.07, 6.45) is -9.85. The fourth-order valence-electron chi connectivity index (χ4n) is 5.65. The normalized spacial score (nSPS) is 27.8. The Labute approximate surface area is 208 Å². The third kappa shape index (κ3) is 5.59. The van der Waals surface area contributed by atoms with E-state index in [0.717, 1.165) is 6.92 Å². The monoisotopic (exact) mass is 543 g/mol. The lowest BCUT2D eigenvalue weighted by Crippen LogP contribution is -2.74. The first-order valence-corrected chi connectivity index (χ1v) is 11.9. The van der Waals surface area contributed by atoms with Gasteiger partial charge in [0.2, 0.25) is 5.91 Å². The molecule has 208 valence electrons. The van der Waals surface area contributed by atoms with Gasteiger partial charge in [-0.3, -0.25) is 4.79 Å². The van der Waals surface area contributed by atoms with Gasteiger partial charge in [-0.25, -0.2) is 9.18 Å². The molecule has 0 aromatic rings. The van der Waals surface area contributed by atoms with E-state index in [0.29, 0.717) is 19.0 Å². The van der Waals surface area contributed by atoms with Crippen molar-refractivity contribution in [2.45, 2.75) is 62.7 Å². The van der Waals surface area contributed by atoms with Gasteiger partial charge in [-0.1, -0.05) is 6.08 Å². The topological polar surface area (TPSA) is 71.1 Å². The van der Waals surface area contributed by atoms with Crippen LogP contribution >= 0.6 is 0 Å². The summed E-state index contributed by atoms with van der Waals surface area (Å²) in [7, 11) is 0. The third-order valence-electron chi connectivity index (χ3n) is 7.43. The van der Waals surface area contributed by atoms with Crippen LogP contribution in [0.15, 0.2) is 23.6 Å². The SMILES string of the molecule is C/C=C(\C=C(\F)CCOC1(C(F)(F)F)CC2(CN(C(=O)N3CC[C@@H]4OCC(=O)N[C@@H]4C3)C2)C1)C(F)(F)F. The first-order chi connectivity index (χ1) is 17.2. The van der Waals surface area contributed by atoms with Crippen molar-refractivity contribution in [2.24, 2.45) is 5.41 Å².